The summed E-state index contributed by atoms with van der Waals surface area (Å²) in [6, 6.07) is 2.15. The van der Waals surface area contributed by atoms with E-state index in [0.717, 1.165) is 24.4 Å². The van der Waals surface area contributed by atoms with Crippen molar-refractivity contribution in [2.45, 2.75) is 51.6 Å². The lowest BCUT2D eigenvalue weighted by atomic mass is 10.2. The smallest absolute Gasteiger partial charge is 0.240 e. The summed E-state index contributed by atoms with van der Waals surface area (Å²) >= 11 is 0. The van der Waals surface area contributed by atoms with E-state index in [-0.39, 0.29) is 24.4 Å². The molecule has 0 radical (unpaired) electrons. The molecule has 1 saturated carbocycles. The van der Waals surface area contributed by atoms with Gasteiger partial charge in [-0.25, -0.2) is 4.68 Å². The summed E-state index contributed by atoms with van der Waals surface area (Å²) in [5.41, 5.74) is 0.871. The van der Waals surface area contributed by atoms with Gasteiger partial charge >= 0.3 is 0 Å². The van der Waals surface area contributed by atoms with Crippen molar-refractivity contribution in [2.24, 2.45) is 0 Å². The van der Waals surface area contributed by atoms with E-state index < -0.39 is 0 Å². The first-order valence-electron chi connectivity index (χ1n) is 7.27. The number of nitrogens with zero attached hydrogens (tertiary/aromatic N) is 3. The predicted octanol–water partition coefficient (Wildman–Crippen LogP) is 0.987. The number of nitrogens with one attached hydrogen (secondary N) is 1. The largest absolute Gasteiger partial charge is 0.352 e. The topological polar surface area (TPSA) is 67.2 Å². The van der Waals surface area contributed by atoms with Crippen molar-refractivity contribution in [3.05, 3.63) is 11.8 Å². The average molecular weight is 276 g/mol. The number of carbonyl (C=O) groups is 2. The van der Waals surface area contributed by atoms with E-state index >= 15 is 0 Å². The van der Waals surface area contributed by atoms with E-state index in [1.165, 1.54) is 12.8 Å². The molecule has 3 rings (SSSR count). The van der Waals surface area contributed by atoms with Crippen LogP contribution >= 0.6 is 0 Å². The van der Waals surface area contributed by atoms with Gasteiger partial charge in [0.15, 0.2) is 0 Å². The Morgan fingerprint density at radius 2 is 2.20 bits per heavy atom. The van der Waals surface area contributed by atoms with Crippen LogP contribution in [-0.4, -0.2) is 34.2 Å². The minimum Gasteiger partial charge on any atom is -0.352 e. The third kappa shape index (κ3) is 2.55. The molecule has 1 aliphatic heterocycles. The third-order valence-corrected chi connectivity index (χ3v) is 4.02. The normalized spacial score (nSPS) is 19.2. The number of hydrogen-bond acceptors (Lipinski definition) is 3. The van der Waals surface area contributed by atoms with E-state index in [1.54, 1.807) is 9.58 Å². The minimum atomic E-state index is -0.0717. The van der Waals surface area contributed by atoms with Crippen molar-refractivity contribution in [1.29, 1.82) is 0 Å². The molecule has 0 aromatic carbocycles. The summed E-state index contributed by atoms with van der Waals surface area (Å²) < 4.78 is 1.81. The number of aryl methyl sites for hydroxylation is 2. The number of amides is 2. The average Bonchev–Trinajstić information content (AvgIpc) is 3.01. The molecule has 2 heterocycles. The Kier molecular flexibility index (Phi) is 3.46. The fourth-order valence-corrected chi connectivity index (χ4v) is 3.03. The first kappa shape index (κ1) is 13.1. The van der Waals surface area contributed by atoms with Crippen LogP contribution in [0.25, 0.3) is 0 Å². The van der Waals surface area contributed by atoms with Gasteiger partial charge in [-0.1, -0.05) is 12.8 Å². The highest BCUT2D eigenvalue weighted by atomic mass is 16.2. The van der Waals surface area contributed by atoms with Crippen molar-refractivity contribution in [1.82, 2.24) is 15.1 Å². The second-order valence-electron chi connectivity index (χ2n) is 5.65. The Morgan fingerprint density at radius 3 is 2.95 bits per heavy atom. The Labute approximate surface area is 118 Å². The Balaban J connectivity index is 1.69. The second-order valence-corrected chi connectivity index (χ2v) is 5.65. The number of hydrogen-bond donors (Lipinski definition) is 1. The van der Waals surface area contributed by atoms with Crippen LogP contribution in [0.5, 0.6) is 0 Å². The second kappa shape index (κ2) is 5.26. The Hall–Kier alpha value is -1.85. The fourth-order valence-electron chi connectivity index (χ4n) is 3.03. The molecule has 1 aromatic rings. The highest BCUT2D eigenvalue weighted by Gasteiger charge is 2.28. The molecule has 0 bridgehead atoms. The molecular weight excluding hydrogens is 256 g/mol. The first-order valence-corrected chi connectivity index (χ1v) is 7.27. The summed E-state index contributed by atoms with van der Waals surface area (Å²) in [5.74, 6) is 0.664. The van der Waals surface area contributed by atoms with Crippen LogP contribution in [0.2, 0.25) is 0 Å². The summed E-state index contributed by atoms with van der Waals surface area (Å²) in [4.78, 5) is 25.7. The lowest BCUT2D eigenvalue weighted by Crippen LogP contribution is -2.46. The van der Waals surface area contributed by atoms with Gasteiger partial charge in [0.25, 0.3) is 0 Å². The third-order valence-electron chi connectivity index (χ3n) is 4.02. The maximum atomic E-state index is 12.1. The van der Waals surface area contributed by atoms with Crippen LogP contribution in [0, 0.1) is 6.92 Å². The molecule has 6 heteroatoms. The predicted molar refractivity (Wildman–Crippen MR) is 74.3 cm³/mol. The number of carbonyl (C=O) groups excluding carboxylic acids is 2. The van der Waals surface area contributed by atoms with Gasteiger partial charge in [0.2, 0.25) is 11.8 Å². The molecule has 1 fully saturated rings. The van der Waals surface area contributed by atoms with Gasteiger partial charge in [0.1, 0.15) is 12.4 Å². The SMILES string of the molecule is Cc1cc2n(n1)CCC(=O)N2CC(=O)NC1CCCC1. The van der Waals surface area contributed by atoms with Gasteiger partial charge in [-0.2, -0.15) is 5.10 Å². The molecule has 2 amide bonds. The van der Waals surface area contributed by atoms with Crippen molar-refractivity contribution >= 4 is 17.6 Å². The molecule has 0 saturated heterocycles. The number of fused-ring (bicyclic) bond motifs is 1. The Morgan fingerprint density at radius 1 is 1.45 bits per heavy atom. The van der Waals surface area contributed by atoms with Gasteiger partial charge in [-0.05, 0) is 19.8 Å². The standard InChI is InChI=1S/C14H20N4O2/c1-10-8-13-17(14(20)6-7-18(13)16-10)9-12(19)15-11-4-2-3-5-11/h8,11H,2-7,9H2,1H3,(H,15,19). The van der Waals surface area contributed by atoms with E-state index in [0.29, 0.717) is 13.0 Å². The monoisotopic (exact) mass is 276 g/mol. The highest BCUT2D eigenvalue weighted by Crippen LogP contribution is 2.22. The van der Waals surface area contributed by atoms with Crippen molar-refractivity contribution in [3.8, 4) is 0 Å². The molecule has 0 unspecified atom stereocenters. The van der Waals surface area contributed by atoms with Gasteiger partial charge in [0.05, 0.1) is 12.2 Å². The molecule has 0 spiro atoms. The summed E-state index contributed by atoms with van der Waals surface area (Å²) in [5, 5.41) is 7.36. The van der Waals surface area contributed by atoms with E-state index in [9.17, 15) is 9.59 Å². The molecule has 20 heavy (non-hydrogen) atoms. The summed E-state index contributed by atoms with van der Waals surface area (Å²) in [7, 11) is 0. The zero-order valence-corrected chi connectivity index (χ0v) is 11.8. The zero-order chi connectivity index (χ0) is 14.1. The van der Waals surface area contributed by atoms with Crippen LogP contribution in [-0.2, 0) is 16.1 Å². The summed E-state index contributed by atoms with van der Waals surface area (Å²) in [6.07, 6.45) is 4.87. The van der Waals surface area contributed by atoms with E-state index in [2.05, 4.69) is 10.4 Å². The van der Waals surface area contributed by atoms with Crippen LogP contribution in [0.4, 0.5) is 5.82 Å². The molecule has 2 aliphatic rings. The number of rotatable bonds is 3. The first-order chi connectivity index (χ1) is 9.63. The molecular formula is C14H20N4O2. The van der Waals surface area contributed by atoms with Gasteiger partial charge in [0, 0.05) is 18.5 Å². The zero-order valence-electron chi connectivity index (χ0n) is 11.8. The van der Waals surface area contributed by atoms with E-state index in [4.69, 9.17) is 0 Å². The van der Waals surface area contributed by atoms with Crippen molar-refractivity contribution in [3.63, 3.8) is 0 Å². The molecule has 1 N–H and O–H groups in total. The highest BCUT2D eigenvalue weighted by molar-refractivity contribution is 5.99. The lowest BCUT2D eigenvalue weighted by molar-refractivity contribution is -0.124. The van der Waals surface area contributed by atoms with E-state index in [1.807, 2.05) is 13.0 Å². The minimum absolute atomic E-state index is 0.000952. The Bertz CT molecular complexity index is 531. The maximum Gasteiger partial charge on any atom is 0.240 e. The van der Waals surface area contributed by atoms with Crippen molar-refractivity contribution in [2.75, 3.05) is 11.4 Å². The number of anilines is 1. The number of aromatic nitrogens is 2. The summed E-state index contributed by atoms with van der Waals surface area (Å²) in [6.45, 7) is 2.59. The van der Waals surface area contributed by atoms with Crippen LogP contribution in [0.15, 0.2) is 6.07 Å². The van der Waals surface area contributed by atoms with Crippen LogP contribution < -0.4 is 10.2 Å². The molecule has 6 nitrogen and oxygen atoms in total. The van der Waals surface area contributed by atoms with Crippen molar-refractivity contribution < 1.29 is 9.59 Å². The van der Waals surface area contributed by atoms with Gasteiger partial charge in [-0.15, -0.1) is 0 Å². The quantitative estimate of drug-likeness (QED) is 0.895. The fraction of sp³-hybridized carbons (Fsp3) is 0.643. The maximum absolute atomic E-state index is 12.1. The van der Waals surface area contributed by atoms with Gasteiger partial charge in [-0.3, -0.25) is 14.5 Å². The molecule has 1 aromatic heterocycles. The van der Waals surface area contributed by atoms with Gasteiger partial charge < -0.3 is 5.32 Å². The molecule has 108 valence electrons. The van der Waals surface area contributed by atoms with Crippen LogP contribution in [0.1, 0.15) is 37.8 Å². The molecule has 1 aliphatic carbocycles. The molecule has 0 atom stereocenters. The van der Waals surface area contributed by atoms with Crippen LogP contribution in [0.3, 0.4) is 0 Å². The lowest BCUT2D eigenvalue weighted by Gasteiger charge is -2.27.